The van der Waals surface area contributed by atoms with Crippen molar-refractivity contribution in [2.45, 2.75) is 55.5 Å². The van der Waals surface area contributed by atoms with Crippen molar-refractivity contribution < 1.29 is 0 Å². The summed E-state index contributed by atoms with van der Waals surface area (Å²) in [7, 11) is 0. The maximum Gasteiger partial charge on any atom is 0.0766 e. The fourth-order valence-electron chi connectivity index (χ4n) is 2.10. The van der Waals surface area contributed by atoms with E-state index in [-0.39, 0.29) is 6.04 Å². The lowest BCUT2D eigenvalue weighted by Crippen LogP contribution is -2.35. The number of rotatable bonds is 4. The molecule has 1 aliphatic rings. The summed E-state index contributed by atoms with van der Waals surface area (Å²) < 4.78 is 1.96. The highest BCUT2D eigenvalue weighted by molar-refractivity contribution is 8.07. The monoisotopic (exact) mass is 286 g/mol. The molecule has 0 amide bonds. The lowest BCUT2D eigenvalue weighted by molar-refractivity contribution is 0.525. The highest BCUT2D eigenvalue weighted by Gasteiger charge is 2.31. The maximum absolute atomic E-state index is 6.42. The van der Waals surface area contributed by atoms with E-state index in [0.717, 1.165) is 29.7 Å². The van der Waals surface area contributed by atoms with Gasteiger partial charge in [-0.25, -0.2) is 4.68 Å². The van der Waals surface area contributed by atoms with Crippen LogP contribution in [-0.4, -0.2) is 36.5 Å². The van der Waals surface area contributed by atoms with Crippen molar-refractivity contribution in [1.29, 1.82) is 0 Å². The molecule has 0 bridgehead atoms. The Hall–Kier alpha value is -0.200. The van der Waals surface area contributed by atoms with Gasteiger partial charge in [0.05, 0.1) is 17.9 Å². The van der Waals surface area contributed by atoms with E-state index < -0.39 is 0 Å². The molecule has 0 saturated carbocycles. The van der Waals surface area contributed by atoms with Crippen LogP contribution in [0.2, 0.25) is 0 Å². The van der Waals surface area contributed by atoms with E-state index in [9.17, 15) is 0 Å². The Kier molecular flexibility index (Phi) is 4.98. The van der Waals surface area contributed by atoms with Crippen LogP contribution in [-0.2, 0) is 6.54 Å². The van der Waals surface area contributed by atoms with Crippen LogP contribution in [0.3, 0.4) is 0 Å². The minimum atomic E-state index is 0.0407. The van der Waals surface area contributed by atoms with Crippen molar-refractivity contribution in [2.75, 3.05) is 5.75 Å². The minimum absolute atomic E-state index is 0.0407. The molecule has 0 aromatic carbocycles. The predicted octanol–water partition coefficient (Wildman–Crippen LogP) is 2.31. The summed E-state index contributed by atoms with van der Waals surface area (Å²) in [5.74, 6) is 1.12. The Balaban J connectivity index is 2.06. The number of hydrogen-bond acceptors (Lipinski definition) is 5. The van der Waals surface area contributed by atoms with E-state index in [2.05, 4.69) is 31.1 Å². The summed E-state index contributed by atoms with van der Waals surface area (Å²) in [6.07, 6.45) is 2.89. The van der Waals surface area contributed by atoms with E-state index in [1.807, 2.05) is 34.4 Å². The molecule has 0 aliphatic carbocycles. The van der Waals surface area contributed by atoms with Crippen LogP contribution >= 0.6 is 23.5 Å². The number of aromatic nitrogens is 3. The van der Waals surface area contributed by atoms with Crippen molar-refractivity contribution >= 4 is 23.5 Å². The topological polar surface area (TPSA) is 56.7 Å². The van der Waals surface area contributed by atoms with Gasteiger partial charge >= 0.3 is 0 Å². The van der Waals surface area contributed by atoms with Gasteiger partial charge in [-0.2, -0.15) is 23.5 Å². The van der Waals surface area contributed by atoms with E-state index in [4.69, 9.17) is 5.73 Å². The zero-order valence-corrected chi connectivity index (χ0v) is 12.9. The molecule has 1 saturated heterocycles. The van der Waals surface area contributed by atoms with Gasteiger partial charge in [0.25, 0.3) is 0 Å². The van der Waals surface area contributed by atoms with Crippen LogP contribution < -0.4 is 5.73 Å². The molecule has 1 aromatic heterocycles. The first-order valence-electron chi connectivity index (χ1n) is 6.54. The average molecular weight is 286 g/mol. The highest BCUT2D eigenvalue weighted by atomic mass is 32.2. The van der Waals surface area contributed by atoms with Gasteiger partial charge < -0.3 is 5.73 Å². The Morgan fingerprint density at radius 1 is 1.50 bits per heavy atom. The largest absolute Gasteiger partial charge is 0.322 e. The summed E-state index contributed by atoms with van der Waals surface area (Å²) in [4.78, 5) is 0. The molecule has 18 heavy (non-hydrogen) atoms. The van der Waals surface area contributed by atoms with Gasteiger partial charge in [-0.05, 0) is 6.42 Å². The van der Waals surface area contributed by atoms with Crippen molar-refractivity contribution in [1.82, 2.24) is 15.0 Å². The number of aryl methyl sites for hydroxylation is 1. The molecule has 2 rings (SSSR count). The molecule has 4 atom stereocenters. The molecule has 6 heteroatoms. The first-order chi connectivity index (χ1) is 8.63. The quantitative estimate of drug-likeness (QED) is 0.920. The van der Waals surface area contributed by atoms with Gasteiger partial charge in [0, 0.05) is 28.0 Å². The molecular weight excluding hydrogens is 264 g/mol. The van der Waals surface area contributed by atoms with Gasteiger partial charge in [0.2, 0.25) is 0 Å². The van der Waals surface area contributed by atoms with Crippen molar-refractivity contribution in [3.05, 3.63) is 11.9 Å². The SMILES string of the molecule is CCCn1nncc1C(N)C1CSC(C)C(C)S1. The highest BCUT2D eigenvalue weighted by Crippen LogP contribution is 2.39. The molecule has 1 fully saturated rings. The fourth-order valence-corrected chi connectivity index (χ4v) is 5.13. The minimum Gasteiger partial charge on any atom is -0.322 e. The van der Waals surface area contributed by atoms with E-state index in [1.165, 1.54) is 0 Å². The predicted molar refractivity (Wildman–Crippen MR) is 80.0 cm³/mol. The summed E-state index contributed by atoms with van der Waals surface area (Å²) in [6.45, 7) is 7.64. The Morgan fingerprint density at radius 3 is 2.94 bits per heavy atom. The Bertz CT molecular complexity index is 382. The summed E-state index contributed by atoms with van der Waals surface area (Å²) >= 11 is 4.04. The van der Waals surface area contributed by atoms with Crippen molar-refractivity contribution in [3.8, 4) is 0 Å². The lowest BCUT2D eigenvalue weighted by atomic mass is 10.1. The molecule has 4 unspecified atom stereocenters. The number of thioether (sulfide) groups is 2. The molecule has 0 spiro atoms. The molecular formula is C12H22N4S2. The van der Waals surface area contributed by atoms with Crippen LogP contribution in [0.15, 0.2) is 6.20 Å². The van der Waals surface area contributed by atoms with Crippen LogP contribution in [0.5, 0.6) is 0 Å². The third kappa shape index (κ3) is 3.03. The smallest absolute Gasteiger partial charge is 0.0766 e. The van der Waals surface area contributed by atoms with E-state index >= 15 is 0 Å². The van der Waals surface area contributed by atoms with E-state index in [1.54, 1.807) is 0 Å². The fraction of sp³-hybridized carbons (Fsp3) is 0.833. The van der Waals surface area contributed by atoms with Gasteiger partial charge in [-0.15, -0.1) is 5.10 Å². The zero-order valence-electron chi connectivity index (χ0n) is 11.2. The van der Waals surface area contributed by atoms with Crippen molar-refractivity contribution in [3.63, 3.8) is 0 Å². The Morgan fingerprint density at radius 2 is 2.28 bits per heavy atom. The number of nitrogens with zero attached hydrogens (tertiary/aromatic N) is 3. The zero-order chi connectivity index (χ0) is 13.1. The third-order valence-electron chi connectivity index (χ3n) is 3.40. The molecule has 1 aliphatic heterocycles. The summed E-state index contributed by atoms with van der Waals surface area (Å²) in [6, 6.07) is 0.0407. The maximum atomic E-state index is 6.42. The number of hydrogen-bond donors (Lipinski definition) is 1. The van der Waals surface area contributed by atoms with E-state index in [0.29, 0.717) is 10.5 Å². The average Bonchev–Trinajstić information content (AvgIpc) is 2.80. The van der Waals surface area contributed by atoms with Crippen LogP contribution in [0.4, 0.5) is 0 Å². The summed E-state index contributed by atoms with van der Waals surface area (Å²) in [5, 5.41) is 9.98. The third-order valence-corrected chi connectivity index (χ3v) is 6.91. The second-order valence-corrected chi connectivity index (χ2v) is 7.86. The van der Waals surface area contributed by atoms with Crippen LogP contribution in [0.25, 0.3) is 0 Å². The molecule has 4 nitrogen and oxygen atoms in total. The number of nitrogens with two attached hydrogens (primary N) is 1. The standard InChI is InChI=1S/C12H22N4S2/c1-4-5-16-10(6-14-15-16)12(13)11-7-17-8(2)9(3)18-11/h6,8-9,11-12H,4-5,7,13H2,1-3H3. The normalized spacial score (nSPS) is 30.3. The second-order valence-electron chi connectivity index (χ2n) is 4.83. The molecule has 102 valence electrons. The van der Waals surface area contributed by atoms with Crippen molar-refractivity contribution in [2.24, 2.45) is 5.73 Å². The van der Waals surface area contributed by atoms with Gasteiger partial charge in [-0.1, -0.05) is 26.0 Å². The van der Waals surface area contributed by atoms with Gasteiger partial charge in [0.15, 0.2) is 0 Å². The molecule has 1 aromatic rings. The second kappa shape index (κ2) is 6.30. The molecule has 0 radical (unpaired) electrons. The first kappa shape index (κ1) is 14.2. The Labute approximate surface area is 117 Å². The van der Waals surface area contributed by atoms with Gasteiger partial charge in [0.1, 0.15) is 0 Å². The molecule has 2 heterocycles. The van der Waals surface area contributed by atoms with Gasteiger partial charge in [-0.3, -0.25) is 0 Å². The van der Waals surface area contributed by atoms with Crippen LogP contribution in [0, 0.1) is 0 Å². The first-order valence-corrected chi connectivity index (χ1v) is 8.53. The van der Waals surface area contributed by atoms with Crippen LogP contribution in [0.1, 0.15) is 38.9 Å². The summed E-state index contributed by atoms with van der Waals surface area (Å²) in [5.41, 5.74) is 7.50. The lowest BCUT2D eigenvalue weighted by Gasteiger charge is -2.34. The molecule has 2 N–H and O–H groups in total.